The SMILES string of the molecule is C=CC(=O)O.C=CC(=O)O.OCC1(C2(CO)CCC2)CCC1. The smallest absolute Gasteiger partial charge is 0.327 e. The molecule has 2 aliphatic carbocycles. The van der Waals surface area contributed by atoms with Crippen LogP contribution in [0.4, 0.5) is 0 Å². The maximum atomic E-state index is 9.36. The Bertz CT molecular complexity index is 344. The highest BCUT2D eigenvalue weighted by atomic mass is 16.4. The molecule has 4 N–H and O–H groups in total. The van der Waals surface area contributed by atoms with Crippen LogP contribution in [0.5, 0.6) is 0 Å². The highest BCUT2D eigenvalue weighted by Crippen LogP contribution is 2.62. The van der Waals surface area contributed by atoms with Crippen molar-refractivity contribution in [2.24, 2.45) is 10.8 Å². The molecule has 0 aromatic carbocycles. The zero-order valence-corrected chi connectivity index (χ0v) is 12.8. The molecule has 0 unspecified atom stereocenters. The Morgan fingerprint density at radius 2 is 1.05 bits per heavy atom. The molecule has 0 spiro atoms. The lowest BCUT2D eigenvalue weighted by atomic mass is 9.46. The van der Waals surface area contributed by atoms with Gasteiger partial charge in [-0.15, -0.1) is 0 Å². The molecule has 2 fully saturated rings. The van der Waals surface area contributed by atoms with E-state index in [2.05, 4.69) is 13.2 Å². The van der Waals surface area contributed by atoms with Crippen molar-refractivity contribution in [3.63, 3.8) is 0 Å². The maximum Gasteiger partial charge on any atom is 0.327 e. The first-order valence-corrected chi connectivity index (χ1v) is 7.25. The van der Waals surface area contributed by atoms with Gasteiger partial charge in [-0.05, 0) is 25.7 Å². The first kappa shape index (κ1) is 20.3. The zero-order chi connectivity index (χ0) is 17.2. The van der Waals surface area contributed by atoms with Gasteiger partial charge in [0, 0.05) is 36.2 Å². The van der Waals surface area contributed by atoms with Crippen LogP contribution < -0.4 is 0 Å². The Balaban J connectivity index is 0.000000372. The molecule has 6 nitrogen and oxygen atoms in total. The number of aliphatic carboxylic acids is 2. The summed E-state index contributed by atoms with van der Waals surface area (Å²) in [6.07, 6.45) is 8.66. The summed E-state index contributed by atoms with van der Waals surface area (Å²) in [6.45, 7) is 6.49. The first-order valence-electron chi connectivity index (χ1n) is 7.25. The lowest BCUT2D eigenvalue weighted by Crippen LogP contribution is -2.55. The van der Waals surface area contributed by atoms with Crippen LogP contribution in [0.2, 0.25) is 0 Å². The number of carbonyl (C=O) groups is 2. The Labute approximate surface area is 130 Å². The van der Waals surface area contributed by atoms with Crippen LogP contribution in [0, 0.1) is 10.8 Å². The van der Waals surface area contributed by atoms with Crippen molar-refractivity contribution in [1.82, 2.24) is 0 Å². The number of carboxylic acid groups (broad SMARTS) is 2. The summed E-state index contributed by atoms with van der Waals surface area (Å²) in [4.78, 5) is 18.5. The Hall–Kier alpha value is -1.66. The first-order chi connectivity index (χ1) is 10.3. The van der Waals surface area contributed by atoms with E-state index < -0.39 is 11.9 Å². The van der Waals surface area contributed by atoms with E-state index in [0.29, 0.717) is 0 Å². The molecular formula is C16H26O6. The van der Waals surface area contributed by atoms with Gasteiger partial charge < -0.3 is 20.4 Å². The second kappa shape index (κ2) is 9.38. The lowest BCUT2D eigenvalue weighted by Gasteiger charge is -2.59. The molecule has 0 atom stereocenters. The van der Waals surface area contributed by atoms with E-state index in [1.807, 2.05) is 0 Å². The summed E-state index contributed by atoms with van der Waals surface area (Å²) in [6, 6.07) is 0. The summed E-state index contributed by atoms with van der Waals surface area (Å²) in [5.41, 5.74) is 0.222. The maximum absolute atomic E-state index is 9.36. The van der Waals surface area contributed by atoms with Crippen molar-refractivity contribution in [3.05, 3.63) is 25.3 Å². The predicted octanol–water partition coefficient (Wildman–Crippen LogP) is 1.83. The van der Waals surface area contributed by atoms with Crippen molar-refractivity contribution in [2.45, 2.75) is 38.5 Å². The number of hydrogen-bond acceptors (Lipinski definition) is 4. The van der Waals surface area contributed by atoms with Crippen molar-refractivity contribution in [2.75, 3.05) is 13.2 Å². The van der Waals surface area contributed by atoms with Crippen molar-refractivity contribution >= 4 is 11.9 Å². The van der Waals surface area contributed by atoms with Gasteiger partial charge in [-0.25, -0.2) is 9.59 Å². The zero-order valence-electron chi connectivity index (χ0n) is 12.8. The van der Waals surface area contributed by atoms with E-state index in [4.69, 9.17) is 10.2 Å². The van der Waals surface area contributed by atoms with E-state index in [-0.39, 0.29) is 24.0 Å². The highest BCUT2D eigenvalue weighted by molar-refractivity contribution is 5.79. The van der Waals surface area contributed by atoms with Crippen molar-refractivity contribution in [3.8, 4) is 0 Å². The lowest BCUT2D eigenvalue weighted by molar-refractivity contribution is -0.150. The third-order valence-corrected chi connectivity index (χ3v) is 4.70. The Morgan fingerprint density at radius 1 is 0.818 bits per heavy atom. The minimum Gasteiger partial charge on any atom is -0.478 e. The van der Waals surface area contributed by atoms with Crippen LogP contribution in [0.3, 0.4) is 0 Å². The van der Waals surface area contributed by atoms with Gasteiger partial charge in [-0.3, -0.25) is 0 Å². The molecule has 22 heavy (non-hydrogen) atoms. The molecule has 2 rings (SSSR count). The molecule has 0 aromatic rings. The molecule has 126 valence electrons. The quantitative estimate of drug-likeness (QED) is 0.575. The van der Waals surface area contributed by atoms with Gasteiger partial charge in [-0.1, -0.05) is 26.0 Å². The van der Waals surface area contributed by atoms with Crippen LogP contribution in [0.25, 0.3) is 0 Å². The van der Waals surface area contributed by atoms with Crippen LogP contribution in [-0.4, -0.2) is 45.6 Å². The molecule has 0 amide bonds. The molecule has 2 aliphatic rings. The minimum atomic E-state index is -0.981. The molecule has 6 heteroatoms. The van der Waals surface area contributed by atoms with Crippen LogP contribution in [0.1, 0.15) is 38.5 Å². The molecule has 0 heterocycles. The second-order valence-electron chi connectivity index (χ2n) is 5.67. The van der Waals surface area contributed by atoms with E-state index >= 15 is 0 Å². The van der Waals surface area contributed by atoms with E-state index in [0.717, 1.165) is 37.8 Å². The van der Waals surface area contributed by atoms with E-state index in [9.17, 15) is 19.8 Å². The summed E-state index contributed by atoms with van der Waals surface area (Å²) in [5, 5.41) is 33.9. The van der Waals surface area contributed by atoms with Crippen molar-refractivity contribution < 1.29 is 30.0 Å². The number of hydrogen-bond donors (Lipinski definition) is 4. The van der Waals surface area contributed by atoms with Crippen molar-refractivity contribution in [1.29, 1.82) is 0 Å². The fourth-order valence-electron chi connectivity index (χ4n) is 2.92. The molecule has 0 saturated heterocycles. The molecular weight excluding hydrogens is 288 g/mol. The van der Waals surface area contributed by atoms with Crippen LogP contribution in [0.15, 0.2) is 25.3 Å². The number of carboxylic acids is 2. The van der Waals surface area contributed by atoms with Crippen LogP contribution in [-0.2, 0) is 9.59 Å². The largest absolute Gasteiger partial charge is 0.478 e. The van der Waals surface area contributed by atoms with Gasteiger partial charge >= 0.3 is 11.9 Å². The fraction of sp³-hybridized carbons (Fsp3) is 0.625. The summed E-state index contributed by atoms with van der Waals surface area (Å²) >= 11 is 0. The van der Waals surface area contributed by atoms with E-state index in [1.165, 1.54) is 12.8 Å². The van der Waals surface area contributed by atoms with Crippen LogP contribution >= 0.6 is 0 Å². The summed E-state index contributed by atoms with van der Waals surface area (Å²) in [5.74, 6) is -1.96. The molecule has 0 bridgehead atoms. The molecule has 0 aliphatic heterocycles. The third-order valence-electron chi connectivity index (χ3n) is 4.70. The topological polar surface area (TPSA) is 115 Å². The van der Waals surface area contributed by atoms with Gasteiger partial charge in [-0.2, -0.15) is 0 Å². The van der Waals surface area contributed by atoms with Gasteiger partial charge in [0.05, 0.1) is 0 Å². The molecule has 0 aromatic heterocycles. The Morgan fingerprint density at radius 3 is 1.09 bits per heavy atom. The third kappa shape index (κ3) is 4.96. The monoisotopic (exact) mass is 314 g/mol. The fourth-order valence-corrected chi connectivity index (χ4v) is 2.92. The summed E-state index contributed by atoms with van der Waals surface area (Å²) < 4.78 is 0. The average Bonchev–Trinajstić information content (AvgIpc) is 2.42. The normalized spacial score (nSPS) is 19.5. The van der Waals surface area contributed by atoms with Gasteiger partial charge in [0.25, 0.3) is 0 Å². The summed E-state index contributed by atoms with van der Waals surface area (Å²) in [7, 11) is 0. The Kier molecular flexibility index (Phi) is 8.67. The number of rotatable bonds is 5. The second-order valence-corrected chi connectivity index (χ2v) is 5.67. The standard InChI is InChI=1S/C10H18O2.2C3H4O2/c11-7-9(3-1-4-9)10(8-12)5-2-6-10;2*1-2-3(4)5/h11-12H,1-8H2;2*2H,1H2,(H,4,5). The van der Waals surface area contributed by atoms with Gasteiger partial charge in [0.15, 0.2) is 0 Å². The van der Waals surface area contributed by atoms with Gasteiger partial charge in [0.2, 0.25) is 0 Å². The average molecular weight is 314 g/mol. The highest BCUT2D eigenvalue weighted by Gasteiger charge is 2.56. The van der Waals surface area contributed by atoms with E-state index in [1.54, 1.807) is 0 Å². The molecule has 0 radical (unpaired) electrons. The number of aliphatic hydroxyl groups excluding tert-OH is 2. The number of aliphatic hydroxyl groups is 2. The van der Waals surface area contributed by atoms with Gasteiger partial charge in [0.1, 0.15) is 0 Å². The predicted molar refractivity (Wildman–Crippen MR) is 82.4 cm³/mol. The molecule has 2 saturated carbocycles. The minimum absolute atomic E-state index is 0.111.